The van der Waals surface area contributed by atoms with E-state index in [0.717, 1.165) is 19.4 Å². The molecular formula is C14H30N2O2S. The molecule has 5 heteroatoms. The van der Waals surface area contributed by atoms with Crippen LogP contribution in [0.5, 0.6) is 0 Å². The second-order valence-corrected chi connectivity index (χ2v) is 7.88. The van der Waals surface area contributed by atoms with Gasteiger partial charge in [-0.25, -0.2) is 12.7 Å². The van der Waals surface area contributed by atoms with Gasteiger partial charge in [-0.3, -0.25) is 0 Å². The van der Waals surface area contributed by atoms with Gasteiger partial charge in [0.25, 0.3) is 0 Å². The third-order valence-electron chi connectivity index (χ3n) is 3.85. The van der Waals surface area contributed by atoms with E-state index in [2.05, 4.69) is 19.2 Å². The largest absolute Gasteiger partial charge is 0.314 e. The van der Waals surface area contributed by atoms with Crippen LogP contribution in [0.15, 0.2) is 0 Å². The first-order chi connectivity index (χ1) is 8.99. The third kappa shape index (κ3) is 5.79. The Hall–Kier alpha value is -0.130. The molecule has 1 saturated heterocycles. The fraction of sp³-hybridized carbons (Fsp3) is 1.00. The molecule has 0 aromatic carbocycles. The predicted octanol–water partition coefficient (Wildman–Crippen LogP) is 2.22. The van der Waals surface area contributed by atoms with E-state index in [1.54, 1.807) is 4.31 Å². The second-order valence-electron chi connectivity index (χ2n) is 5.79. The van der Waals surface area contributed by atoms with E-state index in [4.69, 9.17) is 0 Å². The molecular weight excluding hydrogens is 260 g/mol. The lowest BCUT2D eigenvalue weighted by atomic mass is 10.0. The van der Waals surface area contributed by atoms with Crippen molar-refractivity contribution in [2.75, 3.05) is 25.4 Å². The minimum atomic E-state index is -2.99. The second kappa shape index (κ2) is 8.22. The SMILES string of the molecule is CCCC(C)CNC1CCN(S(=O)(=O)CCC)CC1. The molecule has 4 nitrogen and oxygen atoms in total. The first kappa shape index (κ1) is 16.9. The van der Waals surface area contributed by atoms with Gasteiger partial charge >= 0.3 is 0 Å². The van der Waals surface area contributed by atoms with Crippen molar-refractivity contribution in [2.45, 2.75) is 58.9 Å². The Kier molecular flexibility index (Phi) is 7.32. The van der Waals surface area contributed by atoms with E-state index in [1.807, 2.05) is 6.92 Å². The standard InChI is InChI=1S/C14H30N2O2S/c1-4-6-13(3)12-15-14-7-9-16(10-8-14)19(17,18)11-5-2/h13-15H,4-12H2,1-3H3. The van der Waals surface area contributed by atoms with Crippen molar-refractivity contribution < 1.29 is 8.42 Å². The molecule has 1 aliphatic heterocycles. The highest BCUT2D eigenvalue weighted by Crippen LogP contribution is 2.15. The number of rotatable bonds is 8. The topological polar surface area (TPSA) is 49.4 Å². The van der Waals surface area contributed by atoms with Crippen LogP contribution in [-0.4, -0.2) is 44.2 Å². The summed E-state index contributed by atoms with van der Waals surface area (Å²) in [6, 6.07) is 0.493. The molecule has 0 aromatic heterocycles. The van der Waals surface area contributed by atoms with Crippen molar-refractivity contribution >= 4 is 10.0 Å². The maximum absolute atomic E-state index is 11.9. The molecule has 0 radical (unpaired) electrons. The highest BCUT2D eigenvalue weighted by atomic mass is 32.2. The average molecular weight is 290 g/mol. The average Bonchev–Trinajstić information content (AvgIpc) is 2.37. The summed E-state index contributed by atoms with van der Waals surface area (Å²) in [6.45, 7) is 8.83. The Labute approximate surface area is 119 Å². The van der Waals surface area contributed by atoms with Gasteiger partial charge in [-0.2, -0.15) is 0 Å². The fourth-order valence-electron chi connectivity index (χ4n) is 2.69. The van der Waals surface area contributed by atoms with Crippen LogP contribution in [-0.2, 0) is 10.0 Å². The van der Waals surface area contributed by atoms with Crippen molar-refractivity contribution in [1.82, 2.24) is 9.62 Å². The van der Waals surface area contributed by atoms with Gasteiger partial charge in [-0.05, 0) is 38.1 Å². The van der Waals surface area contributed by atoms with Crippen LogP contribution in [0.25, 0.3) is 0 Å². The smallest absolute Gasteiger partial charge is 0.214 e. The van der Waals surface area contributed by atoms with Gasteiger partial charge in [-0.15, -0.1) is 0 Å². The first-order valence-electron chi connectivity index (χ1n) is 7.70. The van der Waals surface area contributed by atoms with E-state index in [9.17, 15) is 8.42 Å². The zero-order valence-electron chi connectivity index (χ0n) is 12.7. The normalized spacial score (nSPS) is 20.6. The number of nitrogens with zero attached hydrogens (tertiary/aromatic N) is 1. The predicted molar refractivity (Wildman–Crippen MR) is 80.7 cm³/mol. The van der Waals surface area contributed by atoms with Gasteiger partial charge in [0, 0.05) is 19.1 Å². The minimum Gasteiger partial charge on any atom is -0.314 e. The number of piperidine rings is 1. The molecule has 1 aliphatic rings. The van der Waals surface area contributed by atoms with Gasteiger partial charge in [0.2, 0.25) is 10.0 Å². The summed E-state index contributed by atoms with van der Waals surface area (Å²) < 4.78 is 25.6. The first-order valence-corrected chi connectivity index (χ1v) is 9.31. The van der Waals surface area contributed by atoms with Gasteiger partial charge in [0.15, 0.2) is 0 Å². The molecule has 1 heterocycles. The molecule has 1 unspecified atom stereocenters. The molecule has 0 saturated carbocycles. The maximum atomic E-state index is 11.9. The Bertz CT molecular complexity index is 335. The molecule has 0 aromatic rings. The Morgan fingerprint density at radius 2 is 1.84 bits per heavy atom. The zero-order chi connectivity index (χ0) is 14.3. The Balaban J connectivity index is 2.29. The van der Waals surface area contributed by atoms with Crippen molar-refractivity contribution in [3.63, 3.8) is 0 Å². The Morgan fingerprint density at radius 1 is 1.21 bits per heavy atom. The van der Waals surface area contributed by atoms with Crippen LogP contribution < -0.4 is 5.32 Å². The van der Waals surface area contributed by atoms with Gasteiger partial charge in [0.05, 0.1) is 5.75 Å². The number of hydrogen-bond acceptors (Lipinski definition) is 3. The van der Waals surface area contributed by atoms with Crippen LogP contribution in [0, 0.1) is 5.92 Å². The number of hydrogen-bond donors (Lipinski definition) is 1. The van der Waals surface area contributed by atoms with Crippen LogP contribution in [0.2, 0.25) is 0 Å². The molecule has 0 amide bonds. The summed E-state index contributed by atoms with van der Waals surface area (Å²) in [4.78, 5) is 0. The van der Waals surface area contributed by atoms with Crippen molar-refractivity contribution in [1.29, 1.82) is 0 Å². The summed E-state index contributed by atoms with van der Waals surface area (Å²) in [5, 5.41) is 3.59. The van der Waals surface area contributed by atoms with E-state index in [0.29, 0.717) is 37.2 Å². The summed E-state index contributed by atoms with van der Waals surface area (Å²) >= 11 is 0. The molecule has 114 valence electrons. The third-order valence-corrected chi connectivity index (χ3v) is 5.92. The fourth-order valence-corrected chi connectivity index (χ4v) is 4.23. The number of nitrogens with one attached hydrogen (secondary N) is 1. The molecule has 1 rings (SSSR count). The van der Waals surface area contributed by atoms with Crippen LogP contribution in [0.3, 0.4) is 0 Å². The van der Waals surface area contributed by atoms with Gasteiger partial charge < -0.3 is 5.32 Å². The molecule has 0 aliphatic carbocycles. The quantitative estimate of drug-likeness (QED) is 0.745. The summed E-state index contributed by atoms with van der Waals surface area (Å²) in [5.41, 5.74) is 0. The van der Waals surface area contributed by atoms with E-state index in [1.165, 1.54) is 12.8 Å². The van der Waals surface area contributed by atoms with Crippen LogP contribution in [0.1, 0.15) is 52.9 Å². The molecule has 1 N–H and O–H groups in total. The molecule has 1 fully saturated rings. The lowest BCUT2D eigenvalue weighted by Crippen LogP contribution is -2.46. The summed E-state index contributed by atoms with van der Waals surface area (Å²) in [6.07, 6.45) is 5.09. The summed E-state index contributed by atoms with van der Waals surface area (Å²) in [5.74, 6) is 1.00. The molecule has 19 heavy (non-hydrogen) atoms. The van der Waals surface area contributed by atoms with Crippen molar-refractivity contribution in [2.24, 2.45) is 5.92 Å². The van der Waals surface area contributed by atoms with E-state index < -0.39 is 10.0 Å². The lowest BCUT2D eigenvalue weighted by Gasteiger charge is -2.32. The monoisotopic (exact) mass is 290 g/mol. The van der Waals surface area contributed by atoms with E-state index >= 15 is 0 Å². The molecule has 1 atom stereocenters. The van der Waals surface area contributed by atoms with Gasteiger partial charge in [-0.1, -0.05) is 27.2 Å². The molecule has 0 spiro atoms. The van der Waals surface area contributed by atoms with Crippen LogP contribution in [0.4, 0.5) is 0 Å². The minimum absolute atomic E-state index is 0.290. The Morgan fingerprint density at radius 3 is 2.37 bits per heavy atom. The summed E-state index contributed by atoms with van der Waals surface area (Å²) in [7, 11) is -2.99. The van der Waals surface area contributed by atoms with E-state index in [-0.39, 0.29) is 0 Å². The zero-order valence-corrected chi connectivity index (χ0v) is 13.5. The van der Waals surface area contributed by atoms with Gasteiger partial charge in [0.1, 0.15) is 0 Å². The highest BCUT2D eigenvalue weighted by Gasteiger charge is 2.26. The van der Waals surface area contributed by atoms with Crippen molar-refractivity contribution in [3.05, 3.63) is 0 Å². The molecule has 0 bridgehead atoms. The maximum Gasteiger partial charge on any atom is 0.214 e. The van der Waals surface area contributed by atoms with Crippen LogP contribution >= 0.6 is 0 Å². The highest BCUT2D eigenvalue weighted by molar-refractivity contribution is 7.89. The van der Waals surface area contributed by atoms with Crippen molar-refractivity contribution in [3.8, 4) is 0 Å². The lowest BCUT2D eigenvalue weighted by molar-refractivity contribution is 0.280. The number of sulfonamides is 1.